The van der Waals surface area contributed by atoms with E-state index in [1.54, 1.807) is 32.1 Å². The number of rotatable bonds is 1. The molecule has 5 fully saturated rings. The minimum absolute atomic E-state index is 0.795. The summed E-state index contributed by atoms with van der Waals surface area (Å²) < 4.78 is 0. The third kappa shape index (κ3) is 1.16. The van der Waals surface area contributed by atoms with Gasteiger partial charge in [0.05, 0.1) is 0 Å². The van der Waals surface area contributed by atoms with Crippen LogP contribution in [0.15, 0.2) is 0 Å². The minimum atomic E-state index is 0.795. The Morgan fingerprint density at radius 3 is 2.12 bits per heavy atom. The highest BCUT2D eigenvalue weighted by Crippen LogP contribution is 2.64. The van der Waals surface area contributed by atoms with Crippen molar-refractivity contribution in [3.05, 3.63) is 0 Å². The first-order valence-corrected chi connectivity index (χ1v) is 7.52. The molecule has 0 unspecified atom stereocenters. The summed E-state index contributed by atoms with van der Waals surface area (Å²) in [4.78, 5) is 2.72. The second-order valence-corrected chi connectivity index (χ2v) is 7.16. The lowest BCUT2D eigenvalue weighted by molar-refractivity contribution is -0.102. The van der Waals surface area contributed by atoms with Crippen molar-refractivity contribution in [2.75, 3.05) is 19.6 Å². The summed E-state index contributed by atoms with van der Waals surface area (Å²) in [6.45, 7) is 6.49. The molecule has 5 aliphatic rings. The van der Waals surface area contributed by atoms with Crippen molar-refractivity contribution in [3.8, 4) is 0 Å². The molecule has 4 saturated carbocycles. The van der Waals surface area contributed by atoms with Gasteiger partial charge >= 0.3 is 0 Å². The summed E-state index contributed by atoms with van der Waals surface area (Å²) in [5.41, 5.74) is 0.795. The third-order valence-corrected chi connectivity index (χ3v) is 6.62. The van der Waals surface area contributed by atoms with Crippen molar-refractivity contribution in [1.82, 2.24) is 4.90 Å². The van der Waals surface area contributed by atoms with Gasteiger partial charge in [-0.1, -0.05) is 6.92 Å². The largest absolute Gasteiger partial charge is 0.303 e. The molecule has 0 aromatic heterocycles. The van der Waals surface area contributed by atoms with Crippen LogP contribution in [0.1, 0.15) is 45.4 Å². The van der Waals surface area contributed by atoms with Gasteiger partial charge in [-0.2, -0.15) is 0 Å². The Morgan fingerprint density at radius 1 is 1.00 bits per heavy atom. The van der Waals surface area contributed by atoms with Gasteiger partial charge < -0.3 is 4.90 Å². The van der Waals surface area contributed by atoms with Crippen LogP contribution < -0.4 is 0 Å². The molecule has 16 heavy (non-hydrogen) atoms. The van der Waals surface area contributed by atoms with E-state index in [1.165, 1.54) is 26.1 Å². The summed E-state index contributed by atoms with van der Waals surface area (Å²) in [7, 11) is 0. The average molecular weight is 219 g/mol. The molecule has 1 heterocycles. The van der Waals surface area contributed by atoms with Crippen molar-refractivity contribution < 1.29 is 0 Å². The van der Waals surface area contributed by atoms with Gasteiger partial charge in [0.25, 0.3) is 0 Å². The van der Waals surface area contributed by atoms with E-state index in [4.69, 9.17) is 0 Å². The molecule has 0 amide bonds. The van der Waals surface area contributed by atoms with Crippen LogP contribution in [0, 0.1) is 29.1 Å². The maximum atomic E-state index is 2.72. The Morgan fingerprint density at radius 2 is 1.62 bits per heavy atom. The topological polar surface area (TPSA) is 3.24 Å². The van der Waals surface area contributed by atoms with Crippen LogP contribution >= 0.6 is 0 Å². The molecule has 0 atom stereocenters. The quantitative estimate of drug-likeness (QED) is 0.655. The molecule has 1 aliphatic heterocycles. The summed E-state index contributed by atoms with van der Waals surface area (Å²) in [5.74, 6) is 4.54. The second-order valence-electron chi connectivity index (χ2n) is 7.16. The van der Waals surface area contributed by atoms with E-state index in [1.807, 2.05) is 0 Å². The van der Waals surface area contributed by atoms with E-state index in [0.29, 0.717) is 0 Å². The molecule has 90 valence electrons. The van der Waals surface area contributed by atoms with Crippen molar-refractivity contribution in [2.45, 2.75) is 45.4 Å². The molecule has 0 radical (unpaired) electrons. The van der Waals surface area contributed by atoms with Crippen LogP contribution in [-0.2, 0) is 0 Å². The van der Waals surface area contributed by atoms with Crippen LogP contribution in [0.25, 0.3) is 0 Å². The second kappa shape index (κ2) is 3.25. The van der Waals surface area contributed by atoms with Crippen LogP contribution in [0.4, 0.5) is 0 Å². The smallest absolute Gasteiger partial charge is 0.00437 e. The first-order valence-electron chi connectivity index (χ1n) is 7.52. The Balaban J connectivity index is 1.64. The Hall–Kier alpha value is -0.0400. The third-order valence-electron chi connectivity index (χ3n) is 6.62. The zero-order valence-corrected chi connectivity index (χ0v) is 10.6. The number of nitrogens with zero attached hydrogens (tertiary/aromatic N) is 1. The zero-order chi connectivity index (χ0) is 10.8. The Labute approximate surface area is 99.6 Å². The normalized spacial score (nSPS) is 55.3. The van der Waals surface area contributed by atoms with Crippen molar-refractivity contribution in [3.63, 3.8) is 0 Å². The summed E-state index contributed by atoms with van der Waals surface area (Å²) in [6, 6.07) is 0. The molecule has 1 spiro atoms. The minimum Gasteiger partial charge on any atom is -0.303 e. The monoisotopic (exact) mass is 219 g/mol. The van der Waals surface area contributed by atoms with Crippen LogP contribution in [0.2, 0.25) is 0 Å². The fourth-order valence-electron chi connectivity index (χ4n) is 6.00. The summed E-state index contributed by atoms with van der Waals surface area (Å²) >= 11 is 0. The number of hydrogen-bond donors (Lipinski definition) is 0. The standard InChI is InChI=1S/C15H25N/c1-2-16-4-3-15(10-16)13-6-11-5-12(8-13)9-14(15)7-11/h11-14H,2-10H2,1H3. The van der Waals surface area contributed by atoms with Gasteiger partial charge in [-0.15, -0.1) is 0 Å². The van der Waals surface area contributed by atoms with Gasteiger partial charge in [0, 0.05) is 6.54 Å². The average Bonchev–Trinajstić information content (AvgIpc) is 2.70. The lowest BCUT2D eigenvalue weighted by atomic mass is 9.45. The number of likely N-dealkylation sites (tertiary alicyclic amines) is 1. The van der Waals surface area contributed by atoms with Crippen molar-refractivity contribution >= 4 is 0 Å². The van der Waals surface area contributed by atoms with Crippen LogP contribution in [-0.4, -0.2) is 24.5 Å². The van der Waals surface area contributed by atoms with E-state index in [-0.39, 0.29) is 0 Å². The molecule has 5 rings (SSSR count). The van der Waals surface area contributed by atoms with Gasteiger partial charge in [0.15, 0.2) is 0 Å². The zero-order valence-electron chi connectivity index (χ0n) is 10.6. The van der Waals surface area contributed by atoms with Crippen molar-refractivity contribution in [2.24, 2.45) is 29.1 Å². The molecule has 1 saturated heterocycles. The highest BCUT2D eigenvalue weighted by Gasteiger charge is 2.58. The van der Waals surface area contributed by atoms with E-state index in [9.17, 15) is 0 Å². The summed E-state index contributed by atoms with van der Waals surface area (Å²) in [6.07, 6.45) is 9.54. The van der Waals surface area contributed by atoms with E-state index in [0.717, 1.165) is 29.1 Å². The maximum Gasteiger partial charge on any atom is 0.00437 e. The van der Waals surface area contributed by atoms with Crippen LogP contribution in [0.3, 0.4) is 0 Å². The first kappa shape index (κ1) is 9.94. The lowest BCUT2D eigenvalue weighted by Crippen LogP contribution is -2.54. The fraction of sp³-hybridized carbons (Fsp3) is 1.00. The molecule has 4 bridgehead atoms. The number of hydrogen-bond acceptors (Lipinski definition) is 1. The van der Waals surface area contributed by atoms with Gasteiger partial charge in [0.2, 0.25) is 0 Å². The van der Waals surface area contributed by atoms with Gasteiger partial charge in [0.1, 0.15) is 0 Å². The molecular weight excluding hydrogens is 194 g/mol. The lowest BCUT2D eigenvalue weighted by Gasteiger charge is -2.60. The fourth-order valence-corrected chi connectivity index (χ4v) is 6.00. The molecule has 4 aliphatic carbocycles. The highest BCUT2D eigenvalue weighted by molar-refractivity contribution is 5.09. The van der Waals surface area contributed by atoms with Crippen LogP contribution in [0.5, 0.6) is 0 Å². The molecule has 1 nitrogen and oxygen atoms in total. The predicted molar refractivity (Wildman–Crippen MR) is 66.2 cm³/mol. The summed E-state index contributed by atoms with van der Waals surface area (Å²) in [5, 5.41) is 0. The molecule has 0 aromatic rings. The predicted octanol–water partition coefficient (Wildman–Crippen LogP) is 3.15. The van der Waals surface area contributed by atoms with E-state index < -0.39 is 0 Å². The molecule has 1 heteroatoms. The molecular formula is C15H25N. The Kier molecular flexibility index (Phi) is 2.02. The van der Waals surface area contributed by atoms with Gasteiger partial charge in [-0.25, -0.2) is 0 Å². The van der Waals surface area contributed by atoms with Crippen molar-refractivity contribution in [1.29, 1.82) is 0 Å². The molecule has 0 N–H and O–H groups in total. The SMILES string of the molecule is CCN1CCC2(C1)C1CC3CC(C1)CC2C3. The van der Waals surface area contributed by atoms with Gasteiger partial charge in [-0.05, 0) is 80.7 Å². The molecule has 0 aromatic carbocycles. The highest BCUT2D eigenvalue weighted by atomic mass is 15.2. The van der Waals surface area contributed by atoms with E-state index in [2.05, 4.69) is 11.8 Å². The first-order chi connectivity index (χ1) is 7.80. The maximum absolute atomic E-state index is 2.72. The van der Waals surface area contributed by atoms with Gasteiger partial charge in [-0.3, -0.25) is 0 Å². The van der Waals surface area contributed by atoms with E-state index >= 15 is 0 Å². The Bertz CT molecular complexity index is 268.